The summed E-state index contributed by atoms with van der Waals surface area (Å²) < 4.78 is 18.5. The molecule has 20 heavy (non-hydrogen) atoms. The Hall–Kier alpha value is -2.07. The molecular weight excluding hydrogens is 257 g/mol. The van der Waals surface area contributed by atoms with Gasteiger partial charge in [0.15, 0.2) is 11.6 Å². The number of methoxy groups -OCH3 is 1. The average molecular weight is 275 g/mol. The standard InChI is InChI=1S/C16H18FNO2/c1-11(19)13-5-3-4-6-15(13)18-10-12-7-8-16(20-2)14(17)9-12/h3-9,11,18-19H,10H2,1-2H3. The molecule has 1 unspecified atom stereocenters. The third-order valence-electron chi connectivity index (χ3n) is 3.11. The zero-order chi connectivity index (χ0) is 14.5. The fourth-order valence-corrected chi connectivity index (χ4v) is 2.04. The van der Waals surface area contributed by atoms with E-state index in [1.807, 2.05) is 24.3 Å². The Bertz CT molecular complexity index is 584. The highest BCUT2D eigenvalue weighted by molar-refractivity contribution is 5.52. The van der Waals surface area contributed by atoms with E-state index < -0.39 is 6.10 Å². The Morgan fingerprint density at radius 2 is 2.00 bits per heavy atom. The summed E-state index contributed by atoms with van der Waals surface area (Å²) in [6.07, 6.45) is -0.550. The van der Waals surface area contributed by atoms with Crippen LogP contribution in [0.3, 0.4) is 0 Å². The van der Waals surface area contributed by atoms with Gasteiger partial charge in [-0.2, -0.15) is 0 Å². The number of hydrogen-bond acceptors (Lipinski definition) is 3. The maximum atomic E-state index is 13.6. The number of hydrogen-bond donors (Lipinski definition) is 2. The van der Waals surface area contributed by atoms with Gasteiger partial charge in [0.05, 0.1) is 13.2 Å². The molecule has 2 N–H and O–H groups in total. The van der Waals surface area contributed by atoms with Gasteiger partial charge in [0, 0.05) is 17.8 Å². The summed E-state index contributed by atoms with van der Waals surface area (Å²) in [4.78, 5) is 0. The Morgan fingerprint density at radius 3 is 2.65 bits per heavy atom. The molecule has 0 amide bonds. The van der Waals surface area contributed by atoms with Gasteiger partial charge in [0.25, 0.3) is 0 Å². The van der Waals surface area contributed by atoms with Crippen LogP contribution in [-0.2, 0) is 6.54 Å². The van der Waals surface area contributed by atoms with E-state index in [0.717, 1.165) is 16.8 Å². The molecule has 0 heterocycles. The summed E-state index contributed by atoms with van der Waals surface area (Å²) >= 11 is 0. The predicted octanol–water partition coefficient (Wildman–Crippen LogP) is 3.50. The molecule has 4 heteroatoms. The van der Waals surface area contributed by atoms with Crippen LogP contribution in [0.1, 0.15) is 24.2 Å². The Balaban J connectivity index is 2.11. The van der Waals surface area contributed by atoms with Gasteiger partial charge < -0.3 is 15.2 Å². The lowest BCUT2D eigenvalue weighted by atomic mass is 10.1. The van der Waals surface area contributed by atoms with Gasteiger partial charge in [0.2, 0.25) is 0 Å². The maximum absolute atomic E-state index is 13.6. The van der Waals surface area contributed by atoms with Crippen molar-refractivity contribution in [2.75, 3.05) is 12.4 Å². The molecule has 0 spiro atoms. The normalized spacial score (nSPS) is 12.0. The Labute approximate surface area is 118 Å². The van der Waals surface area contributed by atoms with Crippen molar-refractivity contribution in [2.24, 2.45) is 0 Å². The molecule has 2 aromatic carbocycles. The Kier molecular flexibility index (Phi) is 4.58. The van der Waals surface area contributed by atoms with E-state index in [9.17, 15) is 9.50 Å². The quantitative estimate of drug-likeness (QED) is 0.877. The summed E-state index contributed by atoms with van der Waals surface area (Å²) in [5.74, 6) is -0.145. The molecule has 3 nitrogen and oxygen atoms in total. The molecule has 106 valence electrons. The van der Waals surface area contributed by atoms with Gasteiger partial charge in [0.1, 0.15) is 0 Å². The molecule has 0 radical (unpaired) electrons. The van der Waals surface area contributed by atoms with Gasteiger partial charge in [-0.25, -0.2) is 4.39 Å². The highest BCUT2D eigenvalue weighted by Gasteiger charge is 2.07. The zero-order valence-electron chi connectivity index (χ0n) is 11.6. The van der Waals surface area contributed by atoms with Crippen molar-refractivity contribution in [1.82, 2.24) is 0 Å². The lowest BCUT2D eigenvalue weighted by Gasteiger charge is -2.14. The van der Waals surface area contributed by atoms with Gasteiger partial charge in [-0.05, 0) is 30.7 Å². The Morgan fingerprint density at radius 1 is 1.25 bits per heavy atom. The molecule has 0 aliphatic carbocycles. The molecule has 0 aromatic heterocycles. The molecule has 2 aromatic rings. The van der Waals surface area contributed by atoms with Gasteiger partial charge in [-0.3, -0.25) is 0 Å². The number of aliphatic hydroxyl groups is 1. The summed E-state index contributed by atoms with van der Waals surface area (Å²) in [5.41, 5.74) is 2.48. The van der Waals surface area contributed by atoms with Crippen LogP contribution in [0.5, 0.6) is 5.75 Å². The molecule has 0 aliphatic heterocycles. The van der Waals surface area contributed by atoms with E-state index in [-0.39, 0.29) is 11.6 Å². The first kappa shape index (κ1) is 14.3. The van der Waals surface area contributed by atoms with Crippen LogP contribution in [0, 0.1) is 5.82 Å². The van der Waals surface area contributed by atoms with Crippen molar-refractivity contribution in [1.29, 1.82) is 0 Å². The second-order valence-electron chi connectivity index (χ2n) is 4.59. The van der Waals surface area contributed by atoms with Gasteiger partial charge in [-0.15, -0.1) is 0 Å². The first-order valence-electron chi connectivity index (χ1n) is 6.45. The number of ether oxygens (including phenoxy) is 1. The molecule has 0 fully saturated rings. The van der Waals surface area contributed by atoms with Crippen LogP contribution in [0.15, 0.2) is 42.5 Å². The van der Waals surface area contributed by atoms with E-state index in [1.54, 1.807) is 19.1 Å². The van der Waals surface area contributed by atoms with E-state index in [0.29, 0.717) is 6.54 Å². The van der Waals surface area contributed by atoms with Crippen LogP contribution in [0.4, 0.5) is 10.1 Å². The molecule has 0 aliphatic rings. The number of rotatable bonds is 5. The number of nitrogens with one attached hydrogen (secondary N) is 1. The average Bonchev–Trinajstić information content (AvgIpc) is 2.45. The smallest absolute Gasteiger partial charge is 0.165 e. The highest BCUT2D eigenvalue weighted by Crippen LogP contribution is 2.23. The second-order valence-corrected chi connectivity index (χ2v) is 4.59. The number of halogens is 1. The zero-order valence-corrected chi connectivity index (χ0v) is 11.6. The minimum absolute atomic E-state index is 0.234. The molecular formula is C16H18FNO2. The number of benzene rings is 2. The van der Waals surface area contributed by atoms with E-state index in [2.05, 4.69) is 5.32 Å². The van der Waals surface area contributed by atoms with Crippen molar-refractivity contribution in [3.63, 3.8) is 0 Å². The van der Waals surface area contributed by atoms with Crippen LogP contribution >= 0.6 is 0 Å². The molecule has 0 saturated heterocycles. The second kappa shape index (κ2) is 6.39. The summed E-state index contributed by atoms with van der Waals surface area (Å²) in [6.45, 7) is 2.19. The summed E-state index contributed by atoms with van der Waals surface area (Å²) in [5, 5.41) is 12.9. The molecule has 2 rings (SSSR count). The van der Waals surface area contributed by atoms with Crippen LogP contribution in [0.2, 0.25) is 0 Å². The number of aliphatic hydroxyl groups excluding tert-OH is 1. The number of anilines is 1. The third-order valence-corrected chi connectivity index (χ3v) is 3.11. The summed E-state index contributed by atoms with van der Waals surface area (Å²) in [6, 6.07) is 12.4. The van der Waals surface area contributed by atoms with Crippen molar-refractivity contribution in [3.05, 3.63) is 59.4 Å². The van der Waals surface area contributed by atoms with Crippen molar-refractivity contribution in [3.8, 4) is 5.75 Å². The first-order valence-corrected chi connectivity index (χ1v) is 6.45. The van der Waals surface area contributed by atoms with Crippen LogP contribution < -0.4 is 10.1 Å². The lowest BCUT2D eigenvalue weighted by Crippen LogP contribution is -2.04. The van der Waals surface area contributed by atoms with E-state index >= 15 is 0 Å². The minimum atomic E-state index is -0.550. The topological polar surface area (TPSA) is 41.5 Å². The van der Waals surface area contributed by atoms with Crippen molar-refractivity contribution >= 4 is 5.69 Å². The molecule has 0 bridgehead atoms. The van der Waals surface area contributed by atoms with Crippen LogP contribution in [-0.4, -0.2) is 12.2 Å². The fraction of sp³-hybridized carbons (Fsp3) is 0.250. The number of para-hydroxylation sites is 1. The monoisotopic (exact) mass is 275 g/mol. The molecule has 0 saturated carbocycles. The van der Waals surface area contributed by atoms with Gasteiger partial charge >= 0.3 is 0 Å². The molecule has 1 atom stereocenters. The van der Waals surface area contributed by atoms with Gasteiger partial charge in [-0.1, -0.05) is 24.3 Å². The SMILES string of the molecule is COc1ccc(CNc2ccccc2C(C)O)cc1F. The lowest BCUT2D eigenvalue weighted by molar-refractivity contribution is 0.200. The van der Waals surface area contributed by atoms with E-state index in [4.69, 9.17) is 4.74 Å². The highest BCUT2D eigenvalue weighted by atomic mass is 19.1. The summed E-state index contributed by atoms with van der Waals surface area (Å²) in [7, 11) is 1.44. The predicted molar refractivity (Wildman–Crippen MR) is 77.4 cm³/mol. The van der Waals surface area contributed by atoms with E-state index in [1.165, 1.54) is 13.2 Å². The van der Waals surface area contributed by atoms with Crippen molar-refractivity contribution < 1.29 is 14.2 Å². The first-order chi connectivity index (χ1) is 9.61. The third kappa shape index (κ3) is 3.27. The largest absolute Gasteiger partial charge is 0.494 e. The van der Waals surface area contributed by atoms with Crippen molar-refractivity contribution in [2.45, 2.75) is 19.6 Å². The minimum Gasteiger partial charge on any atom is -0.494 e. The van der Waals surface area contributed by atoms with Crippen LogP contribution in [0.25, 0.3) is 0 Å². The fourth-order valence-electron chi connectivity index (χ4n) is 2.04. The maximum Gasteiger partial charge on any atom is 0.165 e.